The van der Waals surface area contributed by atoms with E-state index in [0.29, 0.717) is 39.8 Å². The van der Waals surface area contributed by atoms with Crippen LogP contribution in [0.3, 0.4) is 0 Å². The number of sulfone groups is 1. The fourth-order valence-electron chi connectivity index (χ4n) is 10.2. The minimum absolute atomic E-state index is 0.246. The predicted molar refractivity (Wildman–Crippen MR) is 255 cm³/mol. The summed E-state index contributed by atoms with van der Waals surface area (Å²) < 4.78 is 37.0. The summed E-state index contributed by atoms with van der Waals surface area (Å²) in [7, 11) is -4.03. The van der Waals surface area contributed by atoms with Gasteiger partial charge in [-0.2, -0.15) is 0 Å². The van der Waals surface area contributed by atoms with Crippen LogP contribution in [0.15, 0.2) is 221 Å². The molecule has 8 heteroatoms. The number of pyridine rings is 1. The Morgan fingerprint density at radius 3 is 1.72 bits per heavy atom. The SMILES string of the molecule is O=S1(=O)c2ccccc2C2(c3ccccc3-c3ccccc3-c3ccc(-c4nc(-c5ccccc5)nc(-c5ccc(-c6cccnc6)cc5)n4)cc32)c2cc3oc4ccccc4c3cc21. The van der Waals surface area contributed by atoms with Gasteiger partial charge in [0.1, 0.15) is 11.2 Å². The Balaban J connectivity index is 1.13. The molecule has 2 aliphatic rings. The molecule has 0 radical (unpaired) electrons. The molecule has 1 atom stereocenters. The van der Waals surface area contributed by atoms with Crippen LogP contribution in [0.4, 0.5) is 0 Å². The van der Waals surface area contributed by atoms with E-state index in [4.69, 9.17) is 19.4 Å². The van der Waals surface area contributed by atoms with Crippen LogP contribution in [0.1, 0.15) is 22.3 Å². The highest BCUT2D eigenvalue weighted by Crippen LogP contribution is 2.60. The van der Waals surface area contributed by atoms with E-state index in [1.54, 1.807) is 12.3 Å². The van der Waals surface area contributed by atoms with Crippen LogP contribution in [0.25, 0.3) is 89.5 Å². The lowest BCUT2D eigenvalue weighted by molar-refractivity contribution is 0.579. The van der Waals surface area contributed by atoms with Crippen molar-refractivity contribution in [2.24, 2.45) is 0 Å². The maximum atomic E-state index is 15.2. The first kappa shape index (κ1) is 37.2. The predicted octanol–water partition coefficient (Wildman–Crippen LogP) is 13.0. The molecule has 1 aliphatic heterocycles. The highest BCUT2D eigenvalue weighted by atomic mass is 32.2. The number of para-hydroxylation sites is 1. The molecular formula is C57H34N4O3S. The maximum Gasteiger partial charge on any atom is 0.207 e. The number of aromatic nitrogens is 4. The molecule has 7 nitrogen and oxygen atoms in total. The summed E-state index contributed by atoms with van der Waals surface area (Å²) in [5.74, 6) is 1.55. The van der Waals surface area contributed by atoms with Crippen molar-refractivity contribution in [1.82, 2.24) is 19.9 Å². The van der Waals surface area contributed by atoms with Crippen molar-refractivity contribution < 1.29 is 12.8 Å². The number of furan rings is 1. The molecule has 0 saturated heterocycles. The van der Waals surface area contributed by atoms with E-state index in [2.05, 4.69) is 77.8 Å². The van der Waals surface area contributed by atoms with Crippen LogP contribution >= 0.6 is 0 Å². The van der Waals surface area contributed by atoms with Gasteiger partial charge in [-0.3, -0.25) is 4.98 Å². The lowest BCUT2D eigenvalue weighted by Crippen LogP contribution is -2.38. The van der Waals surface area contributed by atoms with Crippen LogP contribution in [0.5, 0.6) is 0 Å². The van der Waals surface area contributed by atoms with Gasteiger partial charge in [-0.1, -0.05) is 158 Å². The Morgan fingerprint density at radius 1 is 0.385 bits per heavy atom. The first-order valence-corrected chi connectivity index (χ1v) is 22.9. The second kappa shape index (κ2) is 14.1. The van der Waals surface area contributed by atoms with Crippen LogP contribution < -0.4 is 0 Å². The largest absolute Gasteiger partial charge is 0.456 e. The molecule has 1 aliphatic carbocycles. The molecule has 0 amide bonds. The van der Waals surface area contributed by atoms with Gasteiger partial charge in [0.05, 0.1) is 15.2 Å². The molecule has 1 unspecified atom stereocenters. The van der Waals surface area contributed by atoms with Crippen molar-refractivity contribution in [2.75, 3.05) is 0 Å². The van der Waals surface area contributed by atoms with E-state index in [-0.39, 0.29) is 9.79 Å². The summed E-state index contributed by atoms with van der Waals surface area (Å²) in [6, 6.07) is 64.4. The number of hydrogen-bond acceptors (Lipinski definition) is 7. The molecule has 13 rings (SSSR count). The summed E-state index contributed by atoms with van der Waals surface area (Å²) in [4.78, 5) is 20.3. The van der Waals surface area contributed by atoms with E-state index < -0.39 is 15.3 Å². The molecule has 306 valence electrons. The van der Waals surface area contributed by atoms with E-state index in [1.165, 1.54) is 0 Å². The minimum atomic E-state index is -4.03. The topological polar surface area (TPSA) is 98.8 Å². The second-order valence-electron chi connectivity index (χ2n) is 16.5. The summed E-state index contributed by atoms with van der Waals surface area (Å²) >= 11 is 0. The van der Waals surface area contributed by atoms with Gasteiger partial charge in [0.15, 0.2) is 17.5 Å². The lowest BCUT2D eigenvalue weighted by atomic mass is 9.63. The Kier molecular flexibility index (Phi) is 8.07. The molecule has 0 N–H and O–H groups in total. The zero-order chi connectivity index (χ0) is 43.3. The summed E-state index contributed by atoms with van der Waals surface area (Å²) in [6.45, 7) is 0. The first-order valence-electron chi connectivity index (χ1n) is 21.4. The monoisotopic (exact) mass is 854 g/mol. The quantitative estimate of drug-likeness (QED) is 0.174. The average Bonchev–Trinajstić information content (AvgIpc) is 3.70. The third-order valence-electron chi connectivity index (χ3n) is 13.1. The highest BCUT2D eigenvalue weighted by molar-refractivity contribution is 7.91. The van der Waals surface area contributed by atoms with Gasteiger partial charge in [0, 0.05) is 39.9 Å². The maximum absolute atomic E-state index is 15.2. The summed E-state index contributed by atoms with van der Waals surface area (Å²) in [5, 5.41) is 1.60. The van der Waals surface area contributed by atoms with Crippen molar-refractivity contribution in [3.8, 4) is 67.5 Å². The standard InChI is InChI=1S/C57H34N4O3S/c62-65(63)52-23-11-9-21-47(52)57(49-33-51-45(32-53(49)65)44-19-7-10-22-50(44)64-51)46-20-8-6-18-42(46)40-16-4-5-17-41(40)43-29-28-38(31-48(43)57)56-60-54(36-13-2-1-3-14-36)59-55(61-56)37-26-24-35(25-27-37)39-15-12-30-58-34-39/h1-34H. The third-order valence-corrected chi connectivity index (χ3v) is 14.9. The van der Waals surface area contributed by atoms with Crippen molar-refractivity contribution in [3.05, 3.63) is 229 Å². The van der Waals surface area contributed by atoms with E-state index >= 15 is 8.42 Å². The van der Waals surface area contributed by atoms with Gasteiger partial charge in [-0.25, -0.2) is 23.4 Å². The molecular weight excluding hydrogens is 821 g/mol. The van der Waals surface area contributed by atoms with Crippen LogP contribution in [0, 0.1) is 0 Å². The molecule has 0 fully saturated rings. The number of rotatable bonds is 4. The van der Waals surface area contributed by atoms with Crippen molar-refractivity contribution in [3.63, 3.8) is 0 Å². The Morgan fingerprint density at radius 2 is 0.969 bits per heavy atom. The van der Waals surface area contributed by atoms with Crippen molar-refractivity contribution in [2.45, 2.75) is 15.2 Å². The fraction of sp³-hybridized carbons (Fsp3) is 0.0175. The minimum Gasteiger partial charge on any atom is -0.456 e. The normalized spacial score (nSPS) is 15.4. The van der Waals surface area contributed by atoms with Gasteiger partial charge >= 0.3 is 0 Å². The van der Waals surface area contributed by atoms with Crippen molar-refractivity contribution >= 4 is 31.8 Å². The molecule has 65 heavy (non-hydrogen) atoms. The van der Waals surface area contributed by atoms with E-state index in [9.17, 15) is 0 Å². The molecule has 4 heterocycles. The number of fused-ring (bicyclic) bond motifs is 14. The first-order chi connectivity index (χ1) is 32.0. The zero-order valence-electron chi connectivity index (χ0n) is 34.6. The number of hydrogen-bond donors (Lipinski definition) is 0. The van der Waals surface area contributed by atoms with Crippen LogP contribution in [-0.4, -0.2) is 28.4 Å². The lowest BCUT2D eigenvalue weighted by Gasteiger charge is -2.42. The van der Waals surface area contributed by atoms with E-state index in [1.807, 2.05) is 121 Å². The van der Waals surface area contributed by atoms with Gasteiger partial charge in [-0.05, 0) is 92.0 Å². The Labute approximate surface area is 374 Å². The highest BCUT2D eigenvalue weighted by Gasteiger charge is 2.52. The molecule has 11 aromatic rings. The van der Waals surface area contributed by atoms with Crippen LogP contribution in [-0.2, 0) is 15.3 Å². The number of benzene rings is 8. The summed E-state index contributed by atoms with van der Waals surface area (Å²) in [6.07, 6.45) is 3.62. The van der Waals surface area contributed by atoms with Crippen molar-refractivity contribution in [1.29, 1.82) is 0 Å². The average molecular weight is 855 g/mol. The van der Waals surface area contributed by atoms with Crippen LogP contribution in [0.2, 0.25) is 0 Å². The fourth-order valence-corrected chi connectivity index (χ4v) is 12.0. The van der Waals surface area contributed by atoms with Gasteiger partial charge in [0.25, 0.3) is 0 Å². The molecule has 3 aromatic heterocycles. The summed E-state index contributed by atoms with van der Waals surface area (Å²) in [5.41, 5.74) is 11.8. The van der Waals surface area contributed by atoms with Gasteiger partial charge in [0.2, 0.25) is 9.84 Å². The number of nitrogens with zero attached hydrogens (tertiary/aromatic N) is 4. The van der Waals surface area contributed by atoms with E-state index in [0.717, 1.165) is 72.0 Å². The Hall–Kier alpha value is -8.33. The van der Waals surface area contributed by atoms with Gasteiger partial charge < -0.3 is 4.42 Å². The smallest absolute Gasteiger partial charge is 0.207 e. The Bertz CT molecular complexity index is 3850. The second-order valence-corrected chi connectivity index (χ2v) is 18.4. The zero-order valence-corrected chi connectivity index (χ0v) is 35.4. The molecule has 1 spiro atoms. The van der Waals surface area contributed by atoms with Gasteiger partial charge in [-0.15, -0.1) is 0 Å². The molecule has 0 saturated carbocycles. The molecule has 0 bridgehead atoms. The molecule has 8 aromatic carbocycles. The third kappa shape index (κ3) is 5.51.